The van der Waals surface area contributed by atoms with Crippen LogP contribution in [0, 0.1) is 13.8 Å². The van der Waals surface area contributed by atoms with Crippen LogP contribution >= 0.6 is 0 Å². The van der Waals surface area contributed by atoms with Gasteiger partial charge in [-0.2, -0.15) is 0 Å². The molecule has 0 spiro atoms. The maximum Gasteiger partial charge on any atom is 0.117 e. The third kappa shape index (κ3) is 2.58. The third-order valence-corrected chi connectivity index (χ3v) is 3.49. The Morgan fingerprint density at radius 3 is 2.05 bits per heavy atom. The summed E-state index contributed by atoms with van der Waals surface area (Å²) in [5, 5.41) is 17.8. The van der Waals surface area contributed by atoms with Crippen LogP contribution in [0.25, 0.3) is 16.9 Å². The first kappa shape index (κ1) is 13.5. The van der Waals surface area contributed by atoms with Gasteiger partial charge in [0.2, 0.25) is 0 Å². The zero-order chi connectivity index (χ0) is 14.8. The number of rotatable bonds is 3. The number of aryl methyl sites for hydroxylation is 2. The first-order valence-corrected chi connectivity index (χ1v) is 6.88. The molecule has 0 aliphatic rings. The van der Waals surface area contributed by atoms with Gasteiger partial charge in [-0.05, 0) is 26.0 Å². The molecule has 106 valence electrons. The smallest absolute Gasteiger partial charge is 0.117 e. The Morgan fingerprint density at radius 2 is 1.48 bits per heavy atom. The molecule has 4 heteroatoms. The van der Waals surface area contributed by atoms with E-state index in [1.165, 1.54) is 11.1 Å². The maximum absolute atomic E-state index is 9.52. The minimum absolute atomic E-state index is 0.130. The molecule has 2 aromatic carbocycles. The molecule has 0 unspecified atom stereocenters. The summed E-state index contributed by atoms with van der Waals surface area (Å²) in [6.07, 6.45) is 0. The first-order chi connectivity index (χ1) is 10.2. The van der Waals surface area contributed by atoms with E-state index in [-0.39, 0.29) is 6.61 Å². The number of hydrogen-bond acceptors (Lipinski definition) is 3. The highest BCUT2D eigenvalue weighted by Gasteiger charge is 2.15. The van der Waals surface area contributed by atoms with Gasteiger partial charge < -0.3 is 5.11 Å². The molecule has 0 amide bonds. The standard InChI is InChI=1S/C17H17N3O/c1-12-3-7-14(8-4-12)17-16(11-21)18-19-20(17)15-9-5-13(2)6-10-15/h3-10,21H,11H2,1-2H3. The van der Waals surface area contributed by atoms with E-state index in [9.17, 15) is 5.11 Å². The van der Waals surface area contributed by atoms with Crippen molar-refractivity contribution < 1.29 is 5.11 Å². The second kappa shape index (κ2) is 5.50. The average Bonchev–Trinajstić information content (AvgIpc) is 2.93. The van der Waals surface area contributed by atoms with Gasteiger partial charge in [-0.1, -0.05) is 52.7 Å². The summed E-state index contributed by atoms with van der Waals surface area (Å²) in [4.78, 5) is 0. The summed E-state index contributed by atoms with van der Waals surface area (Å²) in [7, 11) is 0. The first-order valence-electron chi connectivity index (χ1n) is 6.88. The molecule has 0 atom stereocenters. The quantitative estimate of drug-likeness (QED) is 0.801. The summed E-state index contributed by atoms with van der Waals surface area (Å²) < 4.78 is 1.77. The fourth-order valence-corrected chi connectivity index (χ4v) is 2.29. The highest BCUT2D eigenvalue weighted by atomic mass is 16.3. The molecule has 0 bridgehead atoms. The van der Waals surface area contributed by atoms with Crippen LogP contribution in [0.5, 0.6) is 0 Å². The Morgan fingerprint density at radius 1 is 0.905 bits per heavy atom. The third-order valence-electron chi connectivity index (χ3n) is 3.49. The van der Waals surface area contributed by atoms with Gasteiger partial charge in [0, 0.05) is 5.56 Å². The molecule has 3 aromatic rings. The summed E-state index contributed by atoms with van der Waals surface area (Å²) in [5.74, 6) is 0. The van der Waals surface area contributed by atoms with Gasteiger partial charge in [-0.3, -0.25) is 0 Å². The minimum atomic E-state index is -0.130. The Kier molecular flexibility index (Phi) is 3.54. The number of nitrogens with zero attached hydrogens (tertiary/aromatic N) is 3. The van der Waals surface area contributed by atoms with E-state index in [0.29, 0.717) is 5.69 Å². The van der Waals surface area contributed by atoms with Crippen molar-refractivity contribution in [2.24, 2.45) is 0 Å². The summed E-state index contributed by atoms with van der Waals surface area (Å²) in [6.45, 7) is 3.96. The van der Waals surface area contributed by atoms with E-state index in [1.54, 1.807) is 4.68 Å². The molecule has 3 rings (SSSR count). The Labute approximate surface area is 123 Å². The number of hydrogen-bond donors (Lipinski definition) is 1. The van der Waals surface area contributed by atoms with Gasteiger partial charge in [0.25, 0.3) is 0 Å². The zero-order valence-corrected chi connectivity index (χ0v) is 12.1. The largest absolute Gasteiger partial charge is 0.390 e. The van der Waals surface area contributed by atoms with Crippen LogP contribution in [0.3, 0.4) is 0 Å². The molecule has 0 aliphatic heterocycles. The lowest BCUT2D eigenvalue weighted by atomic mass is 10.1. The van der Waals surface area contributed by atoms with E-state index in [0.717, 1.165) is 16.9 Å². The minimum Gasteiger partial charge on any atom is -0.390 e. The molecule has 0 saturated heterocycles. The number of aromatic nitrogens is 3. The van der Waals surface area contributed by atoms with Gasteiger partial charge in [0.05, 0.1) is 12.3 Å². The molecule has 1 N–H and O–H groups in total. The second-order valence-electron chi connectivity index (χ2n) is 5.16. The molecule has 1 aromatic heterocycles. The van der Waals surface area contributed by atoms with Crippen LogP contribution in [0.15, 0.2) is 48.5 Å². The lowest BCUT2D eigenvalue weighted by molar-refractivity contribution is 0.277. The molecular weight excluding hydrogens is 262 g/mol. The van der Waals surface area contributed by atoms with Crippen molar-refractivity contribution >= 4 is 0 Å². The highest BCUT2D eigenvalue weighted by Crippen LogP contribution is 2.25. The van der Waals surface area contributed by atoms with Gasteiger partial charge in [0.1, 0.15) is 11.4 Å². The average molecular weight is 279 g/mol. The van der Waals surface area contributed by atoms with E-state index < -0.39 is 0 Å². The molecule has 0 radical (unpaired) electrons. The van der Waals surface area contributed by atoms with E-state index in [1.807, 2.05) is 62.4 Å². The van der Waals surface area contributed by atoms with Crippen molar-refractivity contribution in [2.45, 2.75) is 20.5 Å². The van der Waals surface area contributed by atoms with Crippen molar-refractivity contribution in [1.82, 2.24) is 15.0 Å². The van der Waals surface area contributed by atoms with E-state index in [2.05, 4.69) is 10.3 Å². The van der Waals surface area contributed by atoms with E-state index >= 15 is 0 Å². The maximum atomic E-state index is 9.52. The Bertz CT molecular complexity index is 743. The monoisotopic (exact) mass is 279 g/mol. The van der Waals surface area contributed by atoms with Gasteiger partial charge in [0.15, 0.2) is 0 Å². The fraction of sp³-hybridized carbons (Fsp3) is 0.176. The lowest BCUT2D eigenvalue weighted by Gasteiger charge is -2.08. The highest BCUT2D eigenvalue weighted by molar-refractivity contribution is 5.64. The van der Waals surface area contributed by atoms with Crippen molar-refractivity contribution in [3.05, 3.63) is 65.4 Å². The van der Waals surface area contributed by atoms with Gasteiger partial charge in [-0.15, -0.1) is 5.10 Å². The predicted octanol–water partition coefficient (Wildman–Crippen LogP) is 3.04. The topological polar surface area (TPSA) is 50.9 Å². The lowest BCUT2D eigenvalue weighted by Crippen LogP contribution is -2.00. The molecule has 0 fully saturated rings. The van der Waals surface area contributed by atoms with E-state index in [4.69, 9.17) is 0 Å². The molecule has 21 heavy (non-hydrogen) atoms. The number of aliphatic hydroxyl groups is 1. The van der Waals surface area contributed by atoms with Crippen LogP contribution in [-0.2, 0) is 6.61 Å². The van der Waals surface area contributed by atoms with Crippen LogP contribution in [-0.4, -0.2) is 20.1 Å². The SMILES string of the molecule is Cc1ccc(-c2c(CO)nnn2-c2ccc(C)cc2)cc1. The predicted molar refractivity (Wildman–Crippen MR) is 82.2 cm³/mol. The fourth-order valence-electron chi connectivity index (χ4n) is 2.29. The number of aliphatic hydroxyl groups excluding tert-OH is 1. The molecule has 0 aliphatic carbocycles. The number of benzene rings is 2. The summed E-state index contributed by atoms with van der Waals surface area (Å²) in [5.41, 5.74) is 5.73. The van der Waals surface area contributed by atoms with Crippen molar-refractivity contribution in [1.29, 1.82) is 0 Å². The van der Waals surface area contributed by atoms with Crippen LogP contribution < -0.4 is 0 Å². The van der Waals surface area contributed by atoms with Crippen molar-refractivity contribution in [3.63, 3.8) is 0 Å². The normalized spacial score (nSPS) is 10.8. The molecular formula is C17H17N3O. The Hall–Kier alpha value is -2.46. The van der Waals surface area contributed by atoms with Crippen LogP contribution in [0.4, 0.5) is 0 Å². The Balaban J connectivity index is 2.16. The van der Waals surface area contributed by atoms with Crippen molar-refractivity contribution in [3.8, 4) is 16.9 Å². The molecule has 4 nitrogen and oxygen atoms in total. The van der Waals surface area contributed by atoms with Gasteiger partial charge >= 0.3 is 0 Å². The zero-order valence-electron chi connectivity index (χ0n) is 12.1. The summed E-state index contributed by atoms with van der Waals surface area (Å²) >= 11 is 0. The van der Waals surface area contributed by atoms with Crippen LogP contribution in [0.1, 0.15) is 16.8 Å². The van der Waals surface area contributed by atoms with Crippen molar-refractivity contribution in [2.75, 3.05) is 0 Å². The van der Waals surface area contributed by atoms with Crippen LogP contribution in [0.2, 0.25) is 0 Å². The second-order valence-corrected chi connectivity index (χ2v) is 5.16. The molecule has 0 saturated carbocycles. The molecule has 1 heterocycles. The van der Waals surface area contributed by atoms with Gasteiger partial charge in [-0.25, -0.2) is 4.68 Å². The summed E-state index contributed by atoms with van der Waals surface area (Å²) in [6, 6.07) is 16.2.